The summed E-state index contributed by atoms with van der Waals surface area (Å²) in [7, 11) is 0. The zero-order chi connectivity index (χ0) is 7.82. The fourth-order valence-electron chi connectivity index (χ4n) is 0.688. The van der Waals surface area contributed by atoms with E-state index < -0.39 is 0 Å². The van der Waals surface area contributed by atoms with Crippen LogP contribution in [0.15, 0.2) is 0 Å². The molecule has 2 N–H and O–H groups in total. The van der Waals surface area contributed by atoms with Gasteiger partial charge in [0.1, 0.15) is 0 Å². The first kappa shape index (κ1) is 9.74. The van der Waals surface area contributed by atoms with E-state index in [9.17, 15) is 0 Å². The van der Waals surface area contributed by atoms with Crippen LogP contribution in [0.4, 0.5) is 0 Å². The van der Waals surface area contributed by atoms with Gasteiger partial charge in [-0.05, 0) is 12.8 Å². The third-order valence-corrected chi connectivity index (χ3v) is 1.71. The molecule has 2 nitrogen and oxygen atoms in total. The Morgan fingerprint density at radius 1 is 1.50 bits per heavy atom. The van der Waals surface area contributed by atoms with E-state index in [0.29, 0.717) is 13.0 Å². The van der Waals surface area contributed by atoms with Gasteiger partial charge in [-0.15, -0.1) is 11.6 Å². The molecule has 0 aromatic carbocycles. The maximum Gasteiger partial charge on any atom is 0.0621 e. The van der Waals surface area contributed by atoms with Gasteiger partial charge in [0, 0.05) is 18.3 Å². The number of nitrogens with zero attached hydrogens (tertiary/aromatic N) is 1. The van der Waals surface area contributed by atoms with Gasteiger partial charge in [-0.1, -0.05) is 6.42 Å². The van der Waals surface area contributed by atoms with Crippen LogP contribution in [0.25, 0.3) is 0 Å². The van der Waals surface area contributed by atoms with Crippen LogP contribution in [0.3, 0.4) is 0 Å². The molecule has 0 amide bonds. The lowest BCUT2D eigenvalue weighted by atomic mass is 10.1. The molecule has 0 aliphatic carbocycles. The Labute approximate surface area is 67.0 Å². The lowest BCUT2D eigenvalue weighted by molar-refractivity contribution is 0.661. The summed E-state index contributed by atoms with van der Waals surface area (Å²) in [5, 5.41) is 8.28. The van der Waals surface area contributed by atoms with Gasteiger partial charge < -0.3 is 5.73 Å². The van der Waals surface area contributed by atoms with Gasteiger partial charge in [0.25, 0.3) is 0 Å². The molecule has 0 fully saturated rings. The van der Waals surface area contributed by atoms with E-state index >= 15 is 0 Å². The monoisotopic (exact) mass is 160 g/mol. The van der Waals surface area contributed by atoms with Crippen LogP contribution in [0.2, 0.25) is 0 Å². The number of halogens is 1. The van der Waals surface area contributed by atoms with E-state index in [1.54, 1.807) is 0 Å². The Bertz CT molecular complexity index is 109. The average molecular weight is 161 g/mol. The standard InChI is InChI=1S/C7H13ClN2/c8-7(6-10)4-2-1-3-5-9/h7H,1-4,6,10H2. The second-order valence-electron chi connectivity index (χ2n) is 2.24. The third-order valence-electron chi connectivity index (χ3n) is 1.31. The van der Waals surface area contributed by atoms with E-state index in [1.165, 1.54) is 0 Å². The van der Waals surface area contributed by atoms with Crippen molar-refractivity contribution >= 4 is 11.6 Å². The molecule has 1 atom stereocenters. The van der Waals surface area contributed by atoms with Gasteiger partial charge in [0.15, 0.2) is 0 Å². The molecule has 0 bridgehead atoms. The number of nitrogens with two attached hydrogens (primary N) is 1. The number of nitriles is 1. The minimum Gasteiger partial charge on any atom is -0.329 e. The summed E-state index contributed by atoms with van der Waals surface area (Å²) in [5.41, 5.74) is 5.29. The highest BCUT2D eigenvalue weighted by Gasteiger charge is 1.99. The van der Waals surface area contributed by atoms with Crippen molar-refractivity contribution in [2.45, 2.75) is 31.1 Å². The maximum atomic E-state index is 8.18. The molecule has 0 saturated heterocycles. The molecule has 58 valence electrons. The van der Waals surface area contributed by atoms with Crippen molar-refractivity contribution in [3.05, 3.63) is 0 Å². The predicted molar refractivity (Wildman–Crippen MR) is 42.8 cm³/mol. The highest BCUT2D eigenvalue weighted by molar-refractivity contribution is 6.20. The van der Waals surface area contributed by atoms with Crippen molar-refractivity contribution in [2.75, 3.05) is 6.54 Å². The van der Waals surface area contributed by atoms with Crippen LogP contribution < -0.4 is 5.73 Å². The predicted octanol–water partition coefficient (Wildman–Crippen LogP) is 1.64. The molecule has 3 heteroatoms. The second kappa shape index (κ2) is 6.85. The SMILES string of the molecule is N#CCCCCC(Cl)CN. The van der Waals surface area contributed by atoms with Crippen molar-refractivity contribution < 1.29 is 0 Å². The van der Waals surface area contributed by atoms with Crippen LogP contribution in [0.5, 0.6) is 0 Å². The fourth-order valence-corrected chi connectivity index (χ4v) is 0.842. The molecular formula is C7H13ClN2. The zero-order valence-corrected chi connectivity index (χ0v) is 6.77. The minimum atomic E-state index is 0.0960. The fraction of sp³-hybridized carbons (Fsp3) is 0.857. The molecule has 0 spiro atoms. The average Bonchev–Trinajstić information content (AvgIpc) is 1.98. The number of hydrogen-bond acceptors (Lipinski definition) is 2. The Morgan fingerprint density at radius 2 is 2.20 bits per heavy atom. The highest BCUT2D eigenvalue weighted by Crippen LogP contribution is 2.06. The van der Waals surface area contributed by atoms with Gasteiger partial charge in [0.05, 0.1) is 6.07 Å². The van der Waals surface area contributed by atoms with Gasteiger partial charge in [-0.3, -0.25) is 0 Å². The second-order valence-corrected chi connectivity index (χ2v) is 2.85. The number of unbranched alkanes of at least 4 members (excludes halogenated alkanes) is 2. The van der Waals surface area contributed by atoms with Crippen LogP contribution >= 0.6 is 11.6 Å². The molecule has 0 rings (SSSR count). The maximum absolute atomic E-state index is 8.18. The number of hydrogen-bond donors (Lipinski definition) is 1. The number of alkyl halides is 1. The van der Waals surface area contributed by atoms with Crippen molar-refractivity contribution in [3.8, 4) is 6.07 Å². The van der Waals surface area contributed by atoms with Gasteiger partial charge >= 0.3 is 0 Å². The molecule has 0 aliphatic rings. The molecular weight excluding hydrogens is 148 g/mol. The van der Waals surface area contributed by atoms with E-state index in [4.69, 9.17) is 22.6 Å². The Hall–Kier alpha value is -0.260. The van der Waals surface area contributed by atoms with Crippen molar-refractivity contribution in [1.29, 1.82) is 5.26 Å². The first-order chi connectivity index (χ1) is 4.81. The topological polar surface area (TPSA) is 49.8 Å². The first-order valence-electron chi connectivity index (χ1n) is 3.52. The summed E-state index contributed by atoms with van der Waals surface area (Å²) < 4.78 is 0. The first-order valence-corrected chi connectivity index (χ1v) is 3.96. The summed E-state index contributed by atoms with van der Waals surface area (Å²) in [6.45, 7) is 0.536. The molecule has 0 heterocycles. The minimum absolute atomic E-state index is 0.0960. The Balaban J connectivity index is 2.98. The molecule has 1 unspecified atom stereocenters. The van der Waals surface area contributed by atoms with Crippen LogP contribution in [-0.2, 0) is 0 Å². The summed E-state index contributed by atoms with van der Waals surface area (Å²) in [5.74, 6) is 0. The van der Waals surface area contributed by atoms with E-state index in [-0.39, 0.29) is 5.38 Å². The lowest BCUT2D eigenvalue weighted by Crippen LogP contribution is -2.13. The van der Waals surface area contributed by atoms with Gasteiger partial charge in [-0.25, -0.2) is 0 Å². The zero-order valence-electron chi connectivity index (χ0n) is 6.02. The molecule has 10 heavy (non-hydrogen) atoms. The molecule has 0 radical (unpaired) electrons. The molecule has 0 aliphatic heterocycles. The van der Waals surface area contributed by atoms with Crippen molar-refractivity contribution in [3.63, 3.8) is 0 Å². The normalized spacial score (nSPS) is 12.5. The highest BCUT2D eigenvalue weighted by atomic mass is 35.5. The van der Waals surface area contributed by atoms with Crippen molar-refractivity contribution in [1.82, 2.24) is 0 Å². The quantitative estimate of drug-likeness (QED) is 0.491. The van der Waals surface area contributed by atoms with E-state index in [2.05, 4.69) is 6.07 Å². The molecule has 0 aromatic rings. The van der Waals surface area contributed by atoms with Crippen LogP contribution in [0.1, 0.15) is 25.7 Å². The summed E-state index contributed by atoms with van der Waals surface area (Å²) in [6, 6.07) is 2.09. The summed E-state index contributed by atoms with van der Waals surface area (Å²) >= 11 is 5.74. The van der Waals surface area contributed by atoms with E-state index in [0.717, 1.165) is 19.3 Å². The van der Waals surface area contributed by atoms with Gasteiger partial charge in [-0.2, -0.15) is 5.26 Å². The van der Waals surface area contributed by atoms with Crippen LogP contribution in [0, 0.1) is 11.3 Å². The van der Waals surface area contributed by atoms with Crippen molar-refractivity contribution in [2.24, 2.45) is 5.73 Å². The Morgan fingerprint density at radius 3 is 2.70 bits per heavy atom. The molecule has 0 saturated carbocycles. The summed E-state index contributed by atoms with van der Waals surface area (Å²) in [4.78, 5) is 0. The number of rotatable bonds is 5. The molecule has 0 aromatic heterocycles. The van der Waals surface area contributed by atoms with Gasteiger partial charge in [0.2, 0.25) is 0 Å². The van der Waals surface area contributed by atoms with Crippen LogP contribution in [-0.4, -0.2) is 11.9 Å². The summed E-state index contributed by atoms with van der Waals surface area (Å²) in [6.07, 6.45) is 3.52. The smallest absolute Gasteiger partial charge is 0.0621 e. The Kier molecular flexibility index (Phi) is 6.68. The van der Waals surface area contributed by atoms with E-state index in [1.807, 2.05) is 0 Å². The lowest BCUT2D eigenvalue weighted by Gasteiger charge is -2.02. The largest absolute Gasteiger partial charge is 0.329 e. The third kappa shape index (κ3) is 5.87.